The van der Waals surface area contributed by atoms with E-state index in [4.69, 9.17) is 4.74 Å². The number of sulfonamides is 1. The number of piperazine rings is 1. The third-order valence-electron chi connectivity index (χ3n) is 4.05. The first-order valence-electron chi connectivity index (χ1n) is 7.97. The number of rotatable bonds is 5. The second-order valence-electron chi connectivity index (χ2n) is 5.80. The Morgan fingerprint density at radius 2 is 1.92 bits per heavy atom. The molecule has 1 aromatic carbocycles. The summed E-state index contributed by atoms with van der Waals surface area (Å²) in [6, 6.07) is 4.49. The van der Waals surface area contributed by atoms with Crippen molar-refractivity contribution < 1.29 is 23.1 Å². The van der Waals surface area contributed by atoms with Gasteiger partial charge >= 0.3 is 0 Å². The van der Waals surface area contributed by atoms with Crippen LogP contribution in [0.15, 0.2) is 23.1 Å². The van der Waals surface area contributed by atoms with Gasteiger partial charge in [0.05, 0.1) is 0 Å². The molecule has 1 saturated heterocycles. The number of aryl methyl sites for hydroxylation is 1. The molecular formula is C16H24N2O5S. The largest absolute Gasteiger partial charge is 0.507 e. The van der Waals surface area contributed by atoms with Gasteiger partial charge in [-0.2, -0.15) is 4.31 Å². The number of carbonyl (C=O) groups is 1. The Balaban J connectivity index is 2.08. The fraction of sp³-hybridized carbons (Fsp3) is 0.562. The number of phenolic OH excluding ortho intramolecular Hbond substituents is 1. The van der Waals surface area contributed by atoms with Crippen LogP contribution in [0.3, 0.4) is 0 Å². The van der Waals surface area contributed by atoms with Gasteiger partial charge in [0.1, 0.15) is 16.7 Å². The molecule has 1 unspecified atom stereocenters. The van der Waals surface area contributed by atoms with E-state index < -0.39 is 16.1 Å². The van der Waals surface area contributed by atoms with E-state index in [0.29, 0.717) is 19.7 Å². The number of hydrogen-bond acceptors (Lipinski definition) is 5. The lowest BCUT2D eigenvalue weighted by molar-refractivity contribution is -0.143. The van der Waals surface area contributed by atoms with Crippen LogP contribution in [0.5, 0.6) is 5.75 Å². The maximum absolute atomic E-state index is 12.7. The van der Waals surface area contributed by atoms with Gasteiger partial charge in [-0.1, -0.05) is 6.07 Å². The lowest BCUT2D eigenvalue weighted by Gasteiger charge is -2.35. The summed E-state index contributed by atoms with van der Waals surface area (Å²) in [4.78, 5) is 13.7. The zero-order valence-corrected chi connectivity index (χ0v) is 15.0. The van der Waals surface area contributed by atoms with Gasteiger partial charge in [0.15, 0.2) is 0 Å². The molecule has 2 rings (SSSR count). The van der Waals surface area contributed by atoms with Crippen molar-refractivity contribution in [1.82, 2.24) is 9.21 Å². The van der Waals surface area contributed by atoms with E-state index in [9.17, 15) is 18.3 Å². The molecule has 24 heavy (non-hydrogen) atoms. The highest BCUT2D eigenvalue weighted by Crippen LogP contribution is 2.27. The van der Waals surface area contributed by atoms with Crippen LogP contribution in [0.2, 0.25) is 0 Å². The standard InChI is InChI=1S/C16H24N2O5S/c1-4-23-13(3)16(20)17-7-9-18(10-8-17)24(21,22)15-11-12(2)5-6-14(15)19/h5-6,11,13,19H,4,7-10H2,1-3H3. The summed E-state index contributed by atoms with van der Waals surface area (Å²) >= 11 is 0. The fourth-order valence-corrected chi connectivity index (χ4v) is 4.28. The molecule has 0 bridgehead atoms. The van der Waals surface area contributed by atoms with Crippen molar-refractivity contribution in [3.63, 3.8) is 0 Å². The van der Waals surface area contributed by atoms with Gasteiger partial charge < -0.3 is 14.7 Å². The van der Waals surface area contributed by atoms with E-state index >= 15 is 0 Å². The van der Waals surface area contributed by atoms with Crippen LogP contribution >= 0.6 is 0 Å². The predicted molar refractivity (Wildman–Crippen MR) is 89.3 cm³/mol. The maximum Gasteiger partial charge on any atom is 0.251 e. The van der Waals surface area contributed by atoms with Crippen molar-refractivity contribution in [1.29, 1.82) is 0 Å². The number of benzene rings is 1. The van der Waals surface area contributed by atoms with E-state index in [1.54, 1.807) is 24.8 Å². The topological polar surface area (TPSA) is 87.2 Å². The Hall–Kier alpha value is -1.64. The molecule has 8 heteroatoms. The van der Waals surface area contributed by atoms with Gasteiger partial charge in [-0.3, -0.25) is 4.79 Å². The third kappa shape index (κ3) is 3.88. The SMILES string of the molecule is CCOC(C)C(=O)N1CCN(S(=O)(=O)c2cc(C)ccc2O)CC1. The number of amides is 1. The van der Waals surface area contributed by atoms with Gasteiger partial charge in [-0.25, -0.2) is 8.42 Å². The zero-order valence-electron chi connectivity index (χ0n) is 14.2. The van der Waals surface area contributed by atoms with Crippen LogP contribution in [0, 0.1) is 6.92 Å². The number of hydrogen-bond donors (Lipinski definition) is 1. The van der Waals surface area contributed by atoms with E-state index in [1.807, 2.05) is 6.92 Å². The molecule has 1 heterocycles. The van der Waals surface area contributed by atoms with Crippen molar-refractivity contribution in [2.45, 2.75) is 31.8 Å². The molecule has 1 fully saturated rings. The van der Waals surface area contributed by atoms with Gasteiger partial charge in [-0.05, 0) is 38.5 Å². The first kappa shape index (κ1) is 18.7. The minimum absolute atomic E-state index is 0.0926. The molecular weight excluding hydrogens is 332 g/mol. The predicted octanol–water partition coefficient (Wildman–Crippen LogP) is 0.959. The Labute approximate surface area is 142 Å². The van der Waals surface area contributed by atoms with E-state index in [2.05, 4.69) is 0 Å². The minimum atomic E-state index is -3.78. The molecule has 0 aromatic heterocycles. The molecule has 7 nitrogen and oxygen atoms in total. The summed E-state index contributed by atoms with van der Waals surface area (Å²) in [6.45, 7) is 6.74. The lowest BCUT2D eigenvalue weighted by atomic mass is 10.2. The molecule has 1 amide bonds. The normalized spacial score (nSPS) is 17.7. The number of aromatic hydroxyl groups is 1. The Kier molecular flexibility index (Phi) is 5.84. The minimum Gasteiger partial charge on any atom is -0.507 e. The molecule has 134 valence electrons. The fourth-order valence-electron chi connectivity index (χ4n) is 2.69. The monoisotopic (exact) mass is 356 g/mol. The van der Waals surface area contributed by atoms with Crippen molar-refractivity contribution in [2.24, 2.45) is 0 Å². The molecule has 1 aromatic rings. The second-order valence-corrected chi connectivity index (χ2v) is 7.70. The van der Waals surface area contributed by atoms with Crippen LogP contribution in [0.25, 0.3) is 0 Å². The molecule has 1 N–H and O–H groups in total. The molecule has 1 atom stereocenters. The Morgan fingerprint density at radius 1 is 1.29 bits per heavy atom. The van der Waals surface area contributed by atoms with Crippen molar-refractivity contribution in [2.75, 3.05) is 32.8 Å². The Bertz CT molecular complexity index is 696. The van der Waals surface area contributed by atoms with Crippen LogP contribution in [0.1, 0.15) is 19.4 Å². The lowest BCUT2D eigenvalue weighted by Crippen LogP contribution is -2.52. The van der Waals surface area contributed by atoms with Gasteiger partial charge in [-0.15, -0.1) is 0 Å². The van der Waals surface area contributed by atoms with Crippen LogP contribution < -0.4 is 0 Å². The summed E-state index contributed by atoms with van der Waals surface area (Å²) in [5, 5.41) is 9.89. The average Bonchev–Trinajstić information content (AvgIpc) is 2.56. The summed E-state index contributed by atoms with van der Waals surface area (Å²) < 4.78 is 32.0. The number of nitrogens with zero attached hydrogens (tertiary/aromatic N) is 2. The molecule has 0 radical (unpaired) electrons. The summed E-state index contributed by atoms with van der Waals surface area (Å²) in [6.07, 6.45) is -0.529. The van der Waals surface area contributed by atoms with Gasteiger partial charge in [0.25, 0.3) is 5.91 Å². The number of ether oxygens (including phenoxy) is 1. The van der Waals surface area contributed by atoms with Gasteiger partial charge in [0.2, 0.25) is 10.0 Å². The highest BCUT2D eigenvalue weighted by atomic mass is 32.2. The van der Waals surface area contributed by atoms with Crippen molar-refractivity contribution >= 4 is 15.9 Å². The highest BCUT2D eigenvalue weighted by Gasteiger charge is 2.33. The zero-order chi connectivity index (χ0) is 17.9. The van der Waals surface area contributed by atoms with Crippen molar-refractivity contribution in [3.05, 3.63) is 23.8 Å². The van der Waals surface area contributed by atoms with E-state index in [0.717, 1.165) is 5.56 Å². The maximum atomic E-state index is 12.7. The smallest absolute Gasteiger partial charge is 0.251 e. The van der Waals surface area contributed by atoms with Gasteiger partial charge in [0, 0.05) is 32.8 Å². The van der Waals surface area contributed by atoms with E-state index in [-0.39, 0.29) is 29.6 Å². The van der Waals surface area contributed by atoms with Crippen molar-refractivity contribution in [3.8, 4) is 5.75 Å². The molecule has 0 spiro atoms. The highest BCUT2D eigenvalue weighted by molar-refractivity contribution is 7.89. The summed E-state index contributed by atoms with van der Waals surface area (Å²) in [7, 11) is -3.78. The first-order chi connectivity index (χ1) is 11.3. The van der Waals surface area contributed by atoms with Crippen LogP contribution in [-0.2, 0) is 19.6 Å². The first-order valence-corrected chi connectivity index (χ1v) is 9.41. The summed E-state index contributed by atoms with van der Waals surface area (Å²) in [5.74, 6) is -0.392. The summed E-state index contributed by atoms with van der Waals surface area (Å²) in [5.41, 5.74) is 0.755. The second kappa shape index (κ2) is 7.50. The number of phenols is 1. The number of carbonyl (C=O) groups excluding carboxylic acids is 1. The Morgan fingerprint density at radius 3 is 2.50 bits per heavy atom. The van der Waals surface area contributed by atoms with Crippen LogP contribution in [-0.4, -0.2) is 67.5 Å². The molecule has 0 aliphatic carbocycles. The molecule has 1 aliphatic heterocycles. The van der Waals surface area contributed by atoms with Crippen LogP contribution in [0.4, 0.5) is 0 Å². The third-order valence-corrected chi connectivity index (χ3v) is 5.98. The average molecular weight is 356 g/mol. The van der Waals surface area contributed by atoms with E-state index in [1.165, 1.54) is 16.4 Å². The molecule has 0 saturated carbocycles. The quantitative estimate of drug-likeness (QED) is 0.849. The molecule has 1 aliphatic rings.